The van der Waals surface area contributed by atoms with Crippen molar-refractivity contribution in [2.75, 3.05) is 19.0 Å². The second-order valence-corrected chi connectivity index (χ2v) is 5.98. The van der Waals surface area contributed by atoms with Crippen LogP contribution in [0.2, 0.25) is 0 Å². The van der Waals surface area contributed by atoms with E-state index in [2.05, 4.69) is 10.6 Å². The van der Waals surface area contributed by atoms with Crippen LogP contribution in [-0.4, -0.2) is 25.6 Å². The van der Waals surface area contributed by atoms with E-state index in [0.717, 1.165) is 23.9 Å². The molecule has 0 aromatic heterocycles. The van der Waals surface area contributed by atoms with Crippen LogP contribution in [0.25, 0.3) is 0 Å². The molecule has 4 nitrogen and oxygen atoms in total. The Labute approximate surface area is 127 Å². The van der Waals surface area contributed by atoms with Gasteiger partial charge in [-0.3, -0.25) is 4.79 Å². The minimum absolute atomic E-state index is 0.0472. The molecule has 1 aromatic carbocycles. The standard InChI is InChI=1S/C17H26N2O2/c1-13(18-12-14-6-4-3-5-7-14)17(20)19-15-8-10-16(21-2)11-9-15/h8-11,13-14,18H,3-7,12H2,1-2H3,(H,19,20)/p+1/t13-/m1/s1. The molecule has 0 bridgehead atoms. The Morgan fingerprint density at radius 2 is 1.95 bits per heavy atom. The first-order valence-electron chi connectivity index (χ1n) is 7.97. The number of ether oxygens (including phenoxy) is 1. The molecule has 1 saturated carbocycles. The molecule has 1 aliphatic rings. The molecular formula is C17H27N2O2+. The van der Waals surface area contributed by atoms with Crippen molar-refractivity contribution in [3.8, 4) is 5.75 Å². The summed E-state index contributed by atoms with van der Waals surface area (Å²) >= 11 is 0. The van der Waals surface area contributed by atoms with Crippen molar-refractivity contribution in [1.29, 1.82) is 0 Å². The fraction of sp³-hybridized carbons (Fsp3) is 0.588. The predicted octanol–water partition coefficient (Wildman–Crippen LogP) is 2.17. The summed E-state index contributed by atoms with van der Waals surface area (Å²) in [4.78, 5) is 12.2. The minimum atomic E-state index is -0.0472. The number of nitrogens with two attached hydrogens (primary N) is 1. The summed E-state index contributed by atoms with van der Waals surface area (Å²) in [5, 5.41) is 5.13. The topological polar surface area (TPSA) is 54.9 Å². The van der Waals surface area contributed by atoms with Crippen LogP contribution >= 0.6 is 0 Å². The van der Waals surface area contributed by atoms with Crippen molar-refractivity contribution >= 4 is 11.6 Å². The smallest absolute Gasteiger partial charge is 0.282 e. The second-order valence-electron chi connectivity index (χ2n) is 5.98. The van der Waals surface area contributed by atoms with Crippen molar-refractivity contribution in [3.63, 3.8) is 0 Å². The van der Waals surface area contributed by atoms with Gasteiger partial charge in [-0.1, -0.05) is 19.3 Å². The van der Waals surface area contributed by atoms with Crippen LogP contribution in [0.1, 0.15) is 39.0 Å². The fourth-order valence-electron chi connectivity index (χ4n) is 2.86. The summed E-state index contributed by atoms with van der Waals surface area (Å²) in [6.07, 6.45) is 6.73. The van der Waals surface area contributed by atoms with Gasteiger partial charge in [-0.2, -0.15) is 0 Å². The maximum atomic E-state index is 12.2. The van der Waals surface area contributed by atoms with Crippen LogP contribution in [-0.2, 0) is 4.79 Å². The lowest BCUT2D eigenvalue weighted by molar-refractivity contribution is -0.678. The molecule has 0 heterocycles. The van der Waals surface area contributed by atoms with E-state index >= 15 is 0 Å². The number of amides is 1. The molecule has 1 fully saturated rings. The number of rotatable bonds is 6. The molecule has 116 valence electrons. The van der Waals surface area contributed by atoms with Gasteiger partial charge in [0.1, 0.15) is 5.75 Å². The van der Waals surface area contributed by atoms with E-state index in [0.29, 0.717) is 0 Å². The van der Waals surface area contributed by atoms with E-state index in [1.807, 2.05) is 31.2 Å². The van der Waals surface area contributed by atoms with E-state index in [1.54, 1.807) is 7.11 Å². The fourth-order valence-corrected chi connectivity index (χ4v) is 2.86. The Morgan fingerprint density at radius 1 is 1.29 bits per heavy atom. The van der Waals surface area contributed by atoms with Crippen LogP contribution < -0.4 is 15.4 Å². The quantitative estimate of drug-likeness (QED) is 0.844. The van der Waals surface area contributed by atoms with Gasteiger partial charge in [-0.25, -0.2) is 0 Å². The van der Waals surface area contributed by atoms with Crippen molar-refractivity contribution in [2.45, 2.75) is 45.1 Å². The molecule has 0 aliphatic heterocycles. The molecule has 2 rings (SSSR count). The number of hydrogen-bond donors (Lipinski definition) is 2. The van der Waals surface area contributed by atoms with Gasteiger partial charge in [0.05, 0.1) is 13.7 Å². The highest BCUT2D eigenvalue weighted by atomic mass is 16.5. The molecule has 0 spiro atoms. The van der Waals surface area contributed by atoms with Crippen molar-refractivity contribution in [3.05, 3.63) is 24.3 Å². The van der Waals surface area contributed by atoms with Crippen molar-refractivity contribution in [1.82, 2.24) is 0 Å². The summed E-state index contributed by atoms with van der Waals surface area (Å²) in [5.41, 5.74) is 0.818. The Morgan fingerprint density at radius 3 is 2.57 bits per heavy atom. The zero-order valence-corrected chi connectivity index (χ0v) is 13.1. The zero-order valence-electron chi connectivity index (χ0n) is 13.1. The number of hydrogen-bond acceptors (Lipinski definition) is 2. The Balaban J connectivity index is 1.75. The number of carbonyl (C=O) groups excluding carboxylic acids is 1. The highest BCUT2D eigenvalue weighted by molar-refractivity contribution is 5.93. The zero-order chi connectivity index (χ0) is 15.1. The maximum Gasteiger partial charge on any atom is 0.282 e. The average molecular weight is 291 g/mol. The monoisotopic (exact) mass is 291 g/mol. The molecule has 1 amide bonds. The summed E-state index contributed by atoms with van der Waals surface area (Å²) < 4.78 is 5.11. The molecule has 4 heteroatoms. The molecule has 21 heavy (non-hydrogen) atoms. The van der Waals surface area contributed by atoms with Gasteiger partial charge in [-0.05, 0) is 44.0 Å². The van der Waals surface area contributed by atoms with E-state index in [1.165, 1.54) is 32.1 Å². The van der Waals surface area contributed by atoms with E-state index in [-0.39, 0.29) is 11.9 Å². The second kappa shape index (κ2) is 8.03. The first-order valence-corrected chi connectivity index (χ1v) is 7.97. The third kappa shape index (κ3) is 5.05. The van der Waals surface area contributed by atoms with Crippen LogP contribution in [0, 0.1) is 5.92 Å². The van der Waals surface area contributed by atoms with Gasteiger partial charge in [0.15, 0.2) is 6.04 Å². The third-order valence-electron chi connectivity index (χ3n) is 4.32. The van der Waals surface area contributed by atoms with Gasteiger partial charge in [0.25, 0.3) is 5.91 Å². The summed E-state index contributed by atoms with van der Waals surface area (Å²) in [6.45, 7) is 3.04. The molecule has 3 N–H and O–H groups in total. The first kappa shape index (κ1) is 15.8. The molecule has 1 atom stereocenters. The van der Waals surface area contributed by atoms with Crippen LogP contribution in [0.5, 0.6) is 5.75 Å². The molecule has 1 aromatic rings. The van der Waals surface area contributed by atoms with E-state index in [9.17, 15) is 4.79 Å². The van der Waals surface area contributed by atoms with Gasteiger partial charge >= 0.3 is 0 Å². The summed E-state index contributed by atoms with van der Waals surface area (Å²) in [5.74, 6) is 1.65. The average Bonchev–Trinajstić information content (AvgIpc) is 2.54. The number of methoxy groups -OCH3 is 1. The summed E-state index contributed by atoms with van der Waals surface area (Å²) in [7, 11) is 1.63. The highest BCUT2D eigenvalue weighted by Crippen LogP contribution is 2.22. The number of anilines is 1. The lowest BCUT2D eigenvalue weighted by Gasteiger charge is -2.21. The number of carbonyl (C=O) groups is 1. The number of benzene rings is 1. The number of nitrogens with one attached hydrogen (secondary N) is 1. The molecular weight excluding hydrogens is 264 g/mol. The Bertz CT molecular complexity index is 439. The molecule has 0 radical (unpaired) electrons. The SMILES string of the molecule is COc1ccc(NC(=O)[C@@H](C)[NH2+]CC2CCCCC2)cc1. The largest absolute Gasteiger partial charge is 0.497 e. The molecule has 1 aliphatic carbocycles. The van der Waals surface area contributed by atoms with Crippen LogP contribution in [0.3, 0.4) is 0 Å². The summed E-state index contributed by atoms with van der Waals surface area (Å²) in [6, 6.07) is 7.39. The van der Waals surface area contributed by atoms with Gasteiger partial charge < -0.3 is 15.4 Å². The van der Waals surface area contributed by atoms with Crippen molar-refractivity contribution in [2.24, 2.45) is 5.92 Å². The lowest BCUT2D eigenvalue weighted by Crippen LogP contribution is -2.92. The van der Waals surface area contributed by atoms with Crippen LogP contribution in [0.15, 0.2) is 24.3 Å². The third-order valence-corrected chi connectivity index (χ3v) is 4.32. The van der Waals surface area contributed by atoms with Crippen molar-refractivity contribution < 1.29 is 14.8 Å². The van der Waals surface area contributed by atoms with Gasteiger partial charge in [0, 0.05) is 11.6 Å². The maximum absolute atomic E-state index is 12.2. The minimum Gasteiger partial charge on any atom is -0.497 e. The molecule has 0 saturated heterocycles. The van der Waals surface area contributed by atoms with E-state index in [4.69, 9.17) is 4.74 Å². The Hall–Kier alpha value is -1.55. The van der Waals surface area contributed by atoms with Gasteiger partial charge in [0.2, 0.25) is 0 Å². The first-order chi connectivity index (χ1) is 10.2. The Kier molecular flexibility index (Phi) is 6.05. The van der Waals surface area contributed by atoms with Crippen LogP contribution in [0.4, 0.5) is 5.69 Å². The number of quaternary nitrogens is 1. The lowest BCUT2D eigenvalue weighted by atomic mass is 9.89. The highest BCUT2D eigenvalue weighted by Gasteiger charge is 2.20. The normalized spacial score (nSPS) is 17.2. The van der Waals surface area contributed by atoms with E-state index < -0.39 is 0 Å². The molecule has 0 unspecified atom stereocenters. The predicted molar refractivity (Wildman–Crippen MR) is 84.5 cm³/mol. The van der Waals surface area contributed by atoms with Gasteiger partial charge in [-0.15, -0.1) is 0 Å².